The summed E-state index contributed by atoms with van der Waals surface area (Å²) in [6.07, 6.45) is 0. The van der Waals surface area contributed by atoms with E-state index < -0.39 is 22.4 Å². The fourth-order valence-corrected chi connectivity index (χ4v) is 4.64. The van der Waals surface area contributed by atoms with Gasteiger partial charge in [0.25, 0.3) is 11.2 Å². The third-order valence-electron chi connectivity index (χ3n) is 5.37. The van der Waals surface area contributed by atoms with Gasteiger partial charge in [0.2, 0.25) is 0 Å². The van der Waals surface area contributed by atoms with E-state index in [1.165, 1.54) is 23.9 Å². The first-order chi connectivity index (χ1) is 16.4. The van der Waals surface area contributed by atoms with E-state index >= 15 is 0 Å². The maximum Gasteiger partial charge on any atom is 0.336 e. The second-order valence-corrected chi connectivity index (χ2v) is 8.54. The number of rotatable bonds is 7. The number of nitrogens with zero attached hydrogens (tertiary/aromatic N) is 2. The van der Waals surface area contributed by atoms with Crippen molar-refractivity contribution in [1.29, 1.82) is 0 Å². The molecule has 2 N–H and O–H groups in total. The predicted molar refractivity (Wildman–Crippen MR) is 129 cm³/mol. The molecular formula is C24H22N4O5S. The fourth-order valence-electron chi connectivity index (χ4n) is 3.83. The maximum atomic E-state index is 13.3. The number of aromatic nitrogens is 2. The summed E-state index contributed by atoms with van der Waals surface area (Å²) in [7, 11) is 0. The highest BCUT2D eigenvalue weighted by Gasteiger charge is 2.36. The number of H-pyrrole nitrogens is 1. The van der Waals surface area contributed by atoms with Gasteiger partial charge in [0.15, 0.2) is 5.16 Å². The molecule has 34 heavy (non-hydrogen) atoms. The Balaban J connectivity index is 1.77. The number of anilines is 1. The Bertz CT molecular complexity index is 1320. The molecule has 9 nitrogen and oxygen atoms in total. The molecule has 0 saturated carbocycles. The van der Waals surface area contributed by atoms with E-state index in [9.17, 15) is 19.7 Å². The van der Waals surface area contributed by atoms with Crippen LogP contribution >= 0.6 is 11.8 Å². The minimum atomic E-state index is -0.791. The third-order valence-corrected chi connectivity index (χ3v) is 6.32. The zero-order chi connectivity index (χ0) is 24.2. The van der Waals surface area contributed by atoms with Crippen molar-refractivity contribution in [1.82, 2.24) is 9.97 Å². The van der Waals surface area contributed by atoms with Gasteiger partial charge in [-0.15, -0.1) is 0 Å². The molecule has 2 aromatic carbocycles. The zero-order valence-corrected chi connectivity index (χ0v) is 19.3. The highest BCUT2D eigenvalue weighted by Crippen LogP contribution is 2.40. The van der Waals surface area contributed by atoms with Crippen molar-refractivity contribution >= 4 is 29.2 Å². The Morgan fingerprint density at radius 1 is 1.18 bits per heavy atom. The van der Waals surface area contributed by atoms with Gasteiger partial charge in [0.05, 0.1) is 28.6 Å². The van der Waals surface area contributed by atoms with E-state index in [2.05, 4.69) is 15.3 Å². The Kier molecular flexibility index (Phi) is 6.78. The smallest absolute Gasteiger partial charge is 0.336 e. The monoisotopic (exact) mass is 478 g/mol. The summed E-state index contributed by atoms with van der Waals surface area (Å²) in [5.74, 6) is -0.394. The van der Waals surface area contributed by atoms with Gasteiger partial charge < -0.3 is 15.0 Å². The van der Waals surface area contributed by atoms with Crippen molar-refractivity contribution in [3.8, 4) is 0 Å². The van der Waals surface area contributed by atoms with E-state index in [1.54, 1.807) is 26.0 Å². The Morgan fingerprint density at radius 2 is 1.88 bits per heavy atom. The average molecular weight is 479 g/mol. The van der Waals surface area contributed by atoms with Gasteiger partial charge in [-0.1, -0.05) is 54.2 Å². The number of nitrogens with one attached hydrogen (secondary N) is 2. The Labute approximate surface area is 199 Å². The molecule has 0 saturated heterocycles. The molecule has 4 rings (SSSR count). The van der Waals surface area contributed by atoms with Gasteiger partial charge in [0.1, 0.15) is 5.82 Å². The van der Waals surface area contributed by atoms with Crippen molar-refractivity contribution < 1.29 is 14.5 Å². The normalized spacial score (nSPS) is 14.8. The van der Waals surface area contributed by atoms with Crippen LogP contribution in [0.1, 0.15) is 36.5 Å². The summed E-state index contributed by atoms with van der Waals surface area (Å²) in [4.78, 5) is 44.1. The van der Waals surface area contributed by atoms with Crippen molar-refractivity contribution in [2.75, 3.05) is 11.9 Å². The van der Waals surface area contributed by atoms with Crippen molar-refractivity contribution in [2.24, 2.45) is 0 Å². The van der Waals surface area contributed by atoms with Gasteiger partial charge in [0, 0.05) is 23.6 Å². The summed E-state index contributed by atoms with van der Waals surface area (Å²) in [5, 5.41) is 14.6. The van der Waals surface area contributed by atoms with Crippen LogP contribution in [0.4, 0.5) is 11.5 Å². The van der Waals surface area contributed by atoms with Crippen LogP contribution in [-0.2, 0) is 15.3 Å². The van der Waals surface area contributed by atoms with Gasteiger partial charge >= 0.3 is 5.97 Å². The van der Waals surface area contributed by atoms with E-state index in [-0.39, 0.29) is 23.4 Å². The molecule has 0 amide bonds. The lowest BCUT2D eigenvalue weighted by atomic mass is 9.82. The molecule has 3 aromatic rings. The molecule has 2 heterocycles. The summed E-state index contributed by atoms with van der Waals surface area (Å²) in [6.45, 7) is 3.58. The van der Waals surface area contributed by atoms with E-state index in [4.69, 9.17) is 4.74 Å². The van der Waals surface area contributed by atoms with Crippen LogP contribution in [0.2, 0.25) is 0 Å². The molecule has 1 aromatic heterocycles. The largest absolute Gasteiger partial charge is 0.463 e. The molecule has 1 atom stereocenters. The number of thioether (sulfide) groups is 1. The Morgan fingerprint density at radius 3 is 2.53 bits per heavy atom. The zero-order valence-electron chi connectivity index (χ0n) is 18.5. The molecule has 174 valence electrons. The number of ether oxygens (including phenoxy) is 1. The minimum absolute atomic E-state index is 0.0870. The van der Waals surface area contributed by atoms with Gasteiger partial charge in [-0.05, 0) is 25.0 Å². The molecule has 0 radical (unpaired) electrons. The van der Waals surface area contributed by atoms with Crippen LogP contribution in [0.3, 0.4) is 0 Å². The number of hydrogen-bond acceptors (Lipinski definition) is 8. The number of fused-ring (bicyclic) bond motifs is 1. The SMILES string of the molecule is CCOC(=O)C1=C(C)Nc2nc(SCc3ccccc3)[nH]c(=O)c2[C@H]1c1ccc([N+](=O)[O-])cc1. The Hall–Kier alpha value is -3.92. The molecular weight excluding hydrogens is 456 g/mol. The van der Waals surface area contributed by atoms with Crippen LogP contribution in [0.25, 0.3) is 0 Å². The topological polar surface area (TPSA) is 127 Å². The van der Waals surface area contributed by atoms with Crippen molar-refractivity contribution in [3.05, 3.63) is 103 Å². The molecule has 1 aliphatic heterocycles. The number of nitro groups is 1. The second kappa shape index (κ2) is 9.92. The fraction of sp³-hybridized carbons (Fsp3) is 0.208. The number of allylic oxidation sites excluding steroid dienone is 1. The summed E-state index contributed by atoms with van der Waals surface area (Å²) >= 11 is 1.39. The summed E-state index contributed by atoms with van der Waals surface area (Å²) in [5.41, 5.74) is 2.18. The number of carbonyl (C=O) groups is 1. The average Bonchev–Trinajstić information content (AvgIpc) is 2.82. The first kappa shape index (κ1) is 23.2. The van der Waals surface area contributed by atoms with E-state index in [1.807, 2.05) is 30.3 Å². The van der Waals surface area contributed by atoms with Crippen LogP contribution < -0.4 is 10.9 Å². The van der Waals surface area contributed by atoms with Crippen LogP contribution in [0, 0.1) is 10.1 Å². The molecule has 10 heteroatoms. The number of hydrogen-bond donors (Lipinski definition) is 2. The van der Waals surface area contributed by atoms with Gasteiger partial charge in [-0.2, -0.15) is 0 Å². The number of aromatic amines is 1. The minimum Gasteiger partial charge on any atom is -0.463 e. The van der Waals surface area contributed by atoms with Gasteiger partial charge in [-0.3, -0.25) is 14.9 Å². The van der Waals surface area contributed by atoms with E-state index in [0.29, 0.717) is 28.0 Å². The number of benzene rings is 2. The van der Waals surface area contributed by atoms with E-state index in [0.717, 1.165) is 5.56 Å². The third kappa shape index (κ3) is 4.72. The molecule has 0 spiro atoms. The van der Waals surface area contributed by atoms with Crippen molar-refractivity contribution in [2.45, 2.75) is 30.7 Å². The lowest BCUT2D eigenvalue weighted by Gasteiger charge is -2.28. The molecule has 0 aliphatic carbocycles. The number of non-ortho nitro benzene ring substituents is 1. The first-order valence-electron chi connectivity index (χ1n) is 10.6. The molecule has 1 aliphatic rings. The van der Waals surface area contributed by atoms with Crippen molar-refractivity contribution in [3.63, 3.8) is 0 Å². The first-order valence-corrected chi connectivity index (χ1v) is 11.6. The highest BCUT2D eigenvalue weighted by molar-refractivity contribution is 7.98. The van der Waals surface area contributed by atoms with Gasteiger partial charge in [-0.25, -0.2) is 9.78 Å². The molecule has 0 fully saturated rings. The quantitative estimate of drug-likeness (QED) is 0.169. The predicted octanol–water partition coefficient (Wildman–Crippen LogP) is 4.36. The van der Waals surface area contributed by atoms with Crippen LogP contribution in [-0.4, -0.2) is 27.5 Å². The van der Waals surface area contributed by atoms with Crippen LogP contribution in [0.15, 0.2) is 75.8 Å². The molecule has 0 bridgehead atoms. The standard InChI is InChI=1S/C24H22N4O5S/c1-3-33-23(30)18-14(2)25-21-20(19(18)16-9-11-17(12-10-16)28(31)32)22(29)27-24(26-21)34-13-15-7-5-4-6-8-15/h4-12,19H,3,13H2,1-2H3,(H2,25,26,27,29)/t19-/m0/s1. The lowest BCUT2D eigenvalue weighted by Crippen LogP contribution is -2.31. The number of nitro benzene ring substituents is 1. The highest BCUT2D eigenvalue weighted by atomic mass is 32.2. The molecule has 0 unspecified atom stereocenters. The van der Waals surface area contributed by atoms with Crippen LogP contribution in [0.5, 0.6) is 0 Å². The summed E-state index contributed by atoms with van der Waals surface area (Å²) in [6, 6.07) is 15.6. The second-order valence-electron chi connectivity index (χ2n) is 7.57. The lowest BCUT2D eigenvalue weighted by molar-refractivity contribution is -0.384. The number of esters is 1. The number of carbonyl (C=O) groups excluding carboxylic acids is 1. The summed E-state index contributed by atoms with van der Waals surface area (Å²) < 4.78 is 5.25. The maximum absolute atomic E-state index is 13.3.